The normalized spacial score (nSPS) is 16.6. The van der Waals surface area contributed by atoms with E-state index in [1.165, 1.54) is 0 Å². The number of carbonyl (C=O) groups is 1. The highest BCUT2D eigenvalue weighted by atomic mass is 35.5. The average molecular weight is 287 g/mol. The zero-order chi connectivity index (χ0) is 13.1. The van der Waals surface area contributed by atoms with E-state index in [-0.39, 0.29) is 11.9 Å². The summed E-state index contributed by atoms with van der Waals surface area (Å²) in [5.41, 5.74) is 0.477. The highest BCUT2D eigenvalue weighted by Crippen LogP contribution is 2.23. The molecule has 2 rings (SSSR count). The number of halogens is 2. The molecule has 1 N–H and O–H groups in total. The molecule has 1 amide bonds. The van der Waals surface area contributed by atoms with E-state index in [2.05, 4.69) is 5.32 Å². The molecule has 0 atom stereocenters. The van der Waals surface area contributed by atoms with Crippen molar-refractivity contribution >= 4 is 29.1 Å². The third-order valence-electron chi connectivity index (χ3n) is 3.34. The van der Waals surface area contributed by atoms with Gasteiger partial charge in [0, 0.05) is 18.1 Å². The van der Waals surface area contributed by atoms with Crippen LogP contribution in [0, 0.1) is 0 Å². The molecule has 0 unspecified atom stereocenters. The Morgan fingerprint density at radius 2 is 2.00 bits per heavy atom. The summed E-state index contributed by atoms with van der Waals surface area (Å²) in [7, 11) is 1.83. The van der Waals surface area contributed by atoms with Crippen molar-refractivity contribution in [1.29, 1.82) is 0 Å². The lowest BCUT2D eigenvalue weighted by Crippen LogP contribution is -2.44. The molecule has 0 aliphatic carbocycles. The van der Waals surface area contributed by atoms with Crippen molar-refractivity contribution in [2.45, 2.75) is 18.9 Å². The van der Waals surface area contributed by atoms with Gasteiger partial charge in [0.25, 0.3) is 5.91 Å². The Hall–Kier alpha value is -0.770. The lowest BCUT2D eigenvalue weighted by Gasteiger charge is -2.31. The van der Waals surface area contributed by atoms with Crippen molar-refractivity contribution in [3.8, 4) is 0 Å². The Kier molecular flexibility index (Phi) is 4.49. The zero-order valence-corrected chi connectivity index (χ0v) is 11.8. The van der Waals surface area contributed by atoms with Gasteiger partial charge in [-0.2, -0.15) is 0 Å². The summed E-state index contributed by atoms with van der Waals surface area (Å²) in [6, 6.07) is 5.25. The topological polar surface area (TPSA) is 32.3 Å². The Balaban J connectivity index is 2.16. The molecule has 0 radical (unpaired) electrons. The van der Waals surface area contributed by atoms with Crippen LogP contribution in [0.4, 0.5) is 0 Å². The minimum Gasteiger partial charge on any atom is -0.339 e. The first-order valence-electron chi connectivity index (χ1n) is 6.02. The number of nitrogens with one attached hydrogen (secondary N) is 1. The summed E-state index contributed by atoms with van der Waals surface area (Å²) >= 11 is 12.0. The average Bonchev–Trinajstić information content (AvgIpc) is 2.41. The largest absolute Gasteiger partial charge is 0.339 e. The van der Waals surface area contributed by atoms with Gasteiger partial charge in [-0.3, -0.25) is 4.79 Å². The third-order valence-corrected chi connectivity index (χ3v) is 3.90. The molecule has 0 saturated carbocycles. The van der Waals surface area contributed by atoms with Crippen LogP contribution in [0.25, 0.3) is 0 Å². The number of benzene rings is 1. The summed E-state index contributed by atoms with van der Waals surface area (Å²) in [5, 5.41) is 4.26. The van der Waals surface area contributed by atoms with Gasteiger partial charge in [0.2, 0.25) is 0 Å². The smallest absolute Gasteiger partial charge is 0.255 e. The van der Waals surface area contributed by atoms with Crippen molar-refractivity contribution in [3.05, 3.63) is 33.8 Å². The van der Waals surface area contributed by atoms with Gasteiger partial charge in [0.1, 0.15) is 0 Å². The van der Waals surface area contributed by atoms with Gasteiger partial charge in [0.05, 0.1) is 10.6 Å². The Labute approximate surface area is 117 Å². The molecule has 98 valence electrons. The number of rotatable bonds is 2. The number of hydrogen-bond donors (Lipinski definition) is 1. The van der Waals surface area contributed by atoms with E-state index < -0.39 is 0 Å². The molecule has 5 heteroatoms. The molecule has 1 heterocycles. The summed E-state index contributed by atoms with van der Waals surface area (Å²) in [6.07, 6.45) is 1.95. The first-order valence-corrected chi connectivity index (χ1v) is 6.78. The third kappa shape index (κ3) is 2.97. The minimum atomic E-state index is -0.0607. The molecule has 18 heavy (non-hydrogen) atoms. The number of piperidine rings is 1. The van der Waals surface area contributed by atoms with E-state index in [9.17, 15) is 4.79 Å². The van der Waals surface area contributed by atoms with Crippen LogP contribution in [0.15, 0.2) is 18.2 Å². The van der Waals surface area contributed by atoms with E-state index in [1.54, 1.807) is 23.1 Å². The summed E-state index contributed by atoms with van der Waals surface area (Å²) in [4.78, 5) is 14.2. The minimum absolute atomic E-state index is 0.0607. The fourth-order valence-corrected chi connectivity index (χ4v) is 2.58. The van der Waals surface area contributed by atoms with E-state index in [4.69, 9.17) is 23.2 Å². The molecule has 1 aliphatic rings. The van der Waals surface area contributed by atoms with Crippen molar-refractivity contribution in [3.63, 3.8) is 0 Å². The van der Waals surface area contributed by atoms with E-state index >= 15 is 0 Å². The quantitative estimate of drug-likeness (QED) is 0.907. The first-order chi connectivity index (χ1) is 8.59. The predicted molar refractivity (Wildman–Crippen MR) is 74.4 cm³/mol. The second-order valence-electron chi connectivity index (χ2n) is 4.52. The van der Waals surface area contributed by atoms with Crippen LogP contribution >= 0.6 is 23.2 Å². The molecule has 1 saturated heterocycles. The van der Waals surface area contributed by atoms with Gasteiger partial charge in [-0.1, -0.05) is 23.2 Å². The second-order valence-corrected chi connectivity index (χ2v) is 5.37. The Morgan fingerprint density at radius 3 is 2.67 bits per heavy atom. The standard InChI is InChI=1S/C13H16Cl2N2O/c1-17(10-4-6-16-7-5-10)13(18)11-8-9(14)2-3-12(11)15/h2-3,8,10,16H,4-7H2,1H3. The van der Waals surface area contributed by atoms with Gasteiger partial charge >= 0.3 is 0 Å². The van der Waals surface area contributed by atoms with E-state index in [0.29, 0.717) is 15.6 Å². The second kappa shape index (κ2) is 5.91. The van der Waals surface area contributed by atoms with Gasteiger partial charge < -0.3 is 10.2 Å². The molecule has 3 nitrogen and oxygen atoms in total. The fourth-order valence-electron chi connectivity index (χ4n) is 2.21. The number of nitrogens with zero attached hydrogens (tertiary/aromatic N) is 1. The summed E-state index contributed by atoms with van der Waals surface area (Å²) in [6.45, 7) is 1.90. The predicted octanol–water partition coefficient (Wildman–Crippen LogP) is 2.82. The van der Waals surface area contributed by atoms with Gasteiger partial charge in [-0.05, 0) is 44.1 Å². The van der Waals surface area contributed by atoms with Crippen LogP contribution in [0.5, 0.6) is 0 Å². The van der Waals surface area contributed by atoms with Crippen molar-refractivity contribution < 1.29 is 4.79 Å². The molecule has 0 bridgehead atoms. The zero-order valence-electron chi connectivity index (χ0n) is 10.2. The lowest BCUT2D eigenvalue weighted by atomic mass is 10.0. The first kappa shape index (κ1) is 13.7. The van der Waals surface area contributed by atoms with Gasteiger partial charge in [0.15, 0.2) is 0 Å². The summed E-state index contributed by atoms with van der Waals surface area (Å²) < 4.78 is 0. The highest BCUT2D eigenvalue weighted by molar-refractivity contribution is 6.35. The highest BCUT2D eigenvalue weighted by Gasteiger charge is 2.24. The Bertz CT molecular complexity index is 445. The lowest BCUT2D eigenvalue weighted by molar-refractivity contribution is 0.0703. The van der Waals surface area contributed by atoms with Crippen molar-refractivity contribution in [2.75, 3.05) is 20.1 Å². The molecule has 0 aromatic heterocycles. The molecule has 0 spiro atoms. The summed E-state index contributed by atoms with van der Waals surface area (Å²) in [5.74, 6) is -0.0607. The van der Waals surface area contributed by atoms with Crippen molar-refractivity contribution in [2.24, 2.45) is 0 Å². The number of amides is 1. The molecule has 1 aromatic rings. The maximum atomic E-state index is 12.4. The maximum absolute atomic E-state index is 12.4. The Morgan fingerprint density at radius 1 is 1.33 bits per heavy atom. The van der Waals surface area contributed by atoms with Crippen molar-refractivity contribution in [1.82, 2.24) is 10.2 Å². The molecule has 1 fully saturated rings. The SMILES string of the molecule is CN(C(=O)c1cc(Cl)ccc1Cl)C1CCNCC1. The van der Waals surface area contributed by atoms with Crippen LogP contribution in [-0.4, -0.2) is 37.0 Å². The van der Waals surface area contributed by atoms with E-state index in [0.717, 1.165) is 25.9 Å². The number of hydrogen-bond acceptors (Lipinski definition) is 2. The van der Waals surface area contributed by atoms with Crippen LogP contribution in [-0.2, 0) is 0 Å². The number of carbonyl (C=O) groups excluding carboxylic acids is 1. The van der Waals surface area contributed by atoms with Gasteiger partial charge in [-0.15, -0.1) is 0 Å². The van der Waals surface area contributed by atoms with Crippen LogP contribution in [0.3, 0.4) is 0 Å². The molecule has 1 aliphatic heterocycles. The maximum Gasteiger partial charge on any atom is 0.255 e. The molecule has 1 aromatic carbocycles. The van der Waals surface area contributed by atoms with Crippen LogP contribution < -0.4 is 5.32 Å². The van der Waals surface area contributed by atoms with Crippen LogP contribution in [0.1, 0.15) is 23.2 Å². The van der Waals surface area contributed by atoms with Gasteiger partial charge in [-0.25, -0.2) is 0 Å². The van der Waals surface area contributed by atoms with Crippen LogP contribution in [0.2, 0.25) is 10.0 Å². The molecular formula is C13H16Cl2N2O. The fraction of sp³-hybridized carbons (Fsp3) is 0.462. The molecular weight excluding hydrogens is 271 g/mol. The van der Waals surface area contributed by atoms with E-state index in [1.807, 2.05) is 7.05 Å². The monoisotopic (exact) mass is 286 g/mol.